The Kier molecular flexibility index (Phi) is 27.0. The van der Waals surface area contributed by atoms with Gasteiger partial charge in [-0.25, -0.2) is 19.9 Å². The van der Waals surface area contributed by atoms with Gasteiger partial charge in [-0.15, -0.1) is 0 Å². The number of likely N-dealkylation sites (N-methyl/N-ethyl adjacent to an activating group) is 3. The number of pyridine rings is 4. The number of piperazine rings is 4. The van der Waals surface area contributed by atoms with Crippen LogP contribution in [-0.4, -0.2) is 266 Å². The van der Waals surface area contributed by atoms with Gasteiger partial charge < -0.3 is 59.0 Å². The van der Waals surface area contributed by atoms with E-state index >= 15 is 0 Å². The molecule has 0 bridgehead atoms. The number of aromatic nitrogens is 12. The number of ether oxygens (including phenoxy) is 1. The van der Waals surface area contributed by atoms with Gasteiger partial charge in [-0.3, -0.25) is 44.4 Å². The van der Waals surface area contributed by atoms with E-state index in [2.05, 4.69) is 186 Å². The molecule has 0 amide bonds. The number of halogens is 6. The number of benzene rings is 4. The minimum absolute atomic E-state index is 0.0937. The van der Waals surface area contributed by atoms with Crippen LogP contribution in [0.3, 0.4) is 0 Å². The van der Waals surface area contributed by atoms with Crippen LogP contribution in [0.4, 0.5) is 49.1 Å². The molecule has 2 saturated carbocycles. The molecular formula is C101H128F6N24O. The summed E-state index contributed by atoms with van der Waals surface area (Å²) in [5.41, 5.74) is 15.8. The number of alkyl halides is 6. The summed E-state index contributed by atoms with van der Waals surface area (Å²) >= 11 is 0. The number of imidazole rings is 4. The number of H-pyrrole nitrogens is 4. The van der Waals surface area contributed by atoms with Crippen LogP contribution in [0, 0.1) is 0 Å². The predicted molar refractivity (Wildman–Crippen MR) is 509 cm³/mol. The van der Waals surface area contributed by atoms with Crippen molar-refractivity contribution in [2.24, 2.45) is 0 Å². The number of rotatable bonds is 16. The number of hydrogen-bond acceptors (Lipinski definition) is 21. The fourth-order valence-electron chi connectivity index (χ4n) is 22.2. The van der Waals surface area contributed by atoms with Crippen LogP contribution in [-0.2, 0) is 12.4 Å². The number of para-hydroxylation sites is 4. The molecule has 4 N–H and O–H groups in total. The first-order valence-electron chi connectivity index (χ1n) is 48.2. The second-order valence-electron chi connectivity index (χ2n) is 38.2. The number of fused-ring (bicyclic) bond motifs is 4. The summed E-state index contributed by atoms with van der Waals surface area (Å²) in [7, 11) is 14.4. The highest BCUT2D eigenvalue weighted by atomic mass is 19.4. The van der Waals surface area contributed by atoms with Crippen LogP contribution in [0.2, 0.25) is 0 Å². The number of hydrogen-bond donors (Lipinski definition) is 4. The Hall–Kier alpha value is -10.4. The zero-order chi connectivity index (χ0) is 91.1. The van der Waals surface area contributed by atoms with Crippen molar-refractivity contribution in [2.75, 3.05) is 180 Å². The normalized spacial score (nSPS) is 24.2. The van der Waals surface area contributed by atoms with Gasteiger partial charge in [-0.2, -0.15) is 26.3 Å². The minimum atomic E-state index is -4.42. The van der Waals surface area contributed by atoms with Crippen LogP contribution in [0.25, 0.3) is 44.1 Å². The Morgan fingerprint density at radius 3 is 0.985 bits per heavy atom. The molecule has 8 saturated heterocycles. The second kappa shape index (κ2) is 39.3. The Labute approximate surface area is 770 Å². The standard InChI is InChI=1S/C26H31F3N6.C26H34N6.C25H31F3N6.C24H32N6O/c1-33-20(23-18(26(27,28)29)5-4-12-30-23)7-3-9-22(33)25-31-19-6-2-8-21(24(19)32-25)35-15-13-34(14-16-35)17-10-11-17;1-30-14-16-32(17-15-30)22-9-3-7-20-25(22)29-26(28-20)23-10-4-8-21(31(23)2)24-19(18-11-12-18)6-5-13-27-24;1-3-33-13-15-34(16-14-33)20-10-4-8-18-23(20)31-24(30-18)21-11-5-9-19(32(21)2)22-17(25(26,27)28)7-6-12-29-22;1-28-13-15-30(16-14-28)19-9-4-7-17-22(19)27-24(26-17)20-10-5-8-18(29(20)2)23-21(31-3)11-6-12-25-23/h2,4-6,8,12,17,20,22H,3,7,9-11,13-16H2,1H3,(H,31,32);3,5-7,9,13,18,21,23H,4,8,10-12,14-17H2,1-2H3,(H,28,29);4,6-8,10,12,19,21H,3,5,9,11,13-16H2,1-2H3,(H,30,31);4,6-7,9,11-12,18,20H,5,8,10,13-16H2,1-3H3,(H,26,27)/t20-,22+;21-,23+;19-,21+;18-,20+/m0000/s1. The molecular weight excluding hydrogens is 1680 g/mol. The van der Waals surface area contributed by atoms with Crippen molar-refractivity contribution in [2.45, 2.75) is 182 Å². The molecule has 0 radical (unpaired) electrons. The fourth-order valence-corrected chi connectivity index (χ4v) is 22.2. The lowest BCUT2D eigenvalue weighted by Crippen LogP contribution is -2.47. The Morgan fingerprint density at radius 2 is 0.644 bits per heavy atom. The Balaban J connectivity index is 0.000000114. The van der Waals surface area contributed by atoms with Crippen molar-refractivity contribution >= 4 is 66.9 Å². The van der Waals surface area contributed by atoms with Gasteiger partial charge in [0, 0.05) is 136 Å². The lowest BCUT2D eigenvalue weighted by molar-refractivity contribution is -0.140. The smallest absolute Gasteiger partial charge is 0.418 e. The molecule has 8 atom stereocenters. The summed E-state index contributed by atoms with van der Waals surface area (Å²) in [6, 6.07) is 39.7. The highest BCUT2D eigenvalue weighted by Crippen LogP contribution is 2.51. The zero-order valence-electron chi connectivity index (χ0n) is 77.6. The first-order valence-corrected chi connectivity index (χ1v) is 48.2. The quantitative estimate of drug-likeness (QED) is 0.0662. The third-order valence-electron chi connectivity index (χ3n) is 30.1. The largest absolute Gasteiger partial charge is 0.495 e. The lowest BCUT2D eigenvalue weighted by atomic mass is 9.90. The number of methoxy groups -OCH3 is 1. The average molecular weight is 1810 g/mol. The van der Waals surface area contributed by atoms with Gasteiger partial charge in [0.1, 0.15) is 51.1 Å². The molecule has 0 unspecified atom stereocenters. The molecule has 4 aromatic carbocycles. The molecule has 700 valence electrons. The molecule has 8 aliphatic heterocycles. The maximum Gasteiger partial charge on any atom is 0.418 e. The minimum Gasteiger partial charge on any atom is -0.495 e. The zero-order valence-corrected chi connectivity index (χ0v) is 77.6. The number of piperidine rings is 4. The van der Waals surface area contributed by atoms with Gasteiger partial charge >= 0.3 is 12.4 Å². The topological polar surface area (TPSA) is 214 Å². The molecule has 16 heterocycles. The highest BCUT2D eigenvalue weighted by molar-refractivity contribution is 5.92. The number of anilines is 4. The lowest BCUT2D eigenvalue weighted by Gasteiger charge is -2.39. The van der Waals surface area contributed by atoms with E-state index in [1.807, 2.05) is 66.6 Å². The van der Waals surface area contributed by atoms with Crippen molar-refractivity contribution < 1.29 is 31.1 Å². The van der Waals surface area contributed by atoms with E-state index in [9.17, 15) is 26.3 Å². The van der Waals surface area contributed by atoms with Gasteiger partial charge in [0.25, 0.3) is 0 Å². The van der Waals surface area contributed by atoms with Crippen molar-refractivity contribution in [3.8, 4) is 5.75 Å². The van der Waals surface area contributed by atoms with E-state index in [0.29, 0.717) is 24.9 Å². The summed E-state index contributed by atoms with van der Waals surface area (Å²) in [5, 5.41) is 0. The number of nitrogens with zero attached hydrogens (tertiary/aromatic N) is 20. The molecule has 22 rings (SSSR count). The van der Waals surface area contributed by atoms with Crippen LogP contribution in [0.5, 0.6) is 5.75 Å². The molecule has 10 fully saturated rings. The molecule has 132 heavy (non-hydrogen) atoms. The monoisotopic (exact) mass is 1810 g/mol. The molecule has 8 aromatic heterocycles. The number of likely N-dealkylation sites (tertiary alicyclic amines) is 4. The summed E-state index contributed by atoms with van der Waals surface area (Å²) in [4.78, 5) is 81.2. The molecule has 12 aromatic rings. The van der Waals surface area contributed by atoms with Gasteiger partial charge in [0.2, 0.25) is 0 Å². The summed E-state index contributed by atoms with van der Waals surface area (Å²) in [6.45, 7) is 20.0. The second-order valence-corrected chi connectivity index (χ2v) is 38.2. The Bertz CT molecular complexity index is 5890. The molecule has 25 nitrogen and oxygen atoms in total. The third kappa shape index (κ3) is 19.3. The first-order chi connectivity index (χ1) is 64.1. The van der Waals surface area contributed by atoms with Crippen molar-refractivity contribution in [3.63, 3.8) is 0 Å². The molecule has 31 heteroatoms. The van der Waals surface area contributed by atoms with Gasteiger partial charge in [-0.05, 0) is 254 Å². The average Bonchev–Trinajstić information content (AvgIpc) is 1.13. The SMILES string of the molecule is CCN1CCN(c2cccc3[nH]c([C@H]4CCC[C@@H](c5ncccc5C(F)(F)F)N4C)nc23)CC1.CN1CCN(c2cccc3[nH]c([C@H]4CCC[C@@H](c5ncccc5C5CC5)N4C)nc23)CC1.CN1[C@@H](c2nc3c(N4CCN(C5CC5)CC4)cccc3[nH]2)CCC[C@H]1c1ncccc1C(F)(F)F.COc1cccnc1[C@@H]1CCC[C@H](c2nc3c(N4CCN(C)CC4)cccc3[nH]2)N1C. The maximum absolute atomic E-state index is 13.7. The van der Waals surface area contributed by atoms with Gasteiger partial charge in [-0.1, -0.05) is 37.3 Å². The molecule has 10 aliphatic rings. The van der Waals surface area contributed by atoms with E-state index in [-0.39, 0.29) is 35.6 Å². The van der Waals surface area contributed by atoms with E-state index in [1.54, 1.807) is 7.11 Å². The van der Waals surface area contributed by atoms with Gasteiger partial charge in [0.05, 0.1) is 134 Å². The summed E-state index contributed by atoms with van der Waals surface area (Å²) < 4.78 is 87.7. The molecule has 2 aliphatic carbocycles. The predicted octanol–water partition coefficient (Wildman–Crippen LogP) is 18.3. The van der Waals surface area contributed by atoms with E-state index in [4.69, 9.17) is 29.7 Å². The summed E-state index contributed by atoms with van der Waals surface area (Å²) in [6.07, 6.45) is 14.6. The van der Waals surface area contributed by atoms with Crippen LogP contribution >= 0.6 is 0 Å². The summed E-state index contributed by atoms with van der Waals surface area (Å²) in [5.74, 6) is 5.38. The van der Waals surface area contributed by atoms with Crippen LogP contribution < -0.4 is 24.3 Å². The van der Waals surface area contributed by atoms with Gasteiger partial charge in [0.15, 0.2) is 0 Å². The third-order valence-corrected chi connectivity index (χ3v) is 30.1. The maximum atomic E-state index is 13.7. The fraction of sp³-hybridized carbons (Fsp3) is 0.525. The Morgan fingerprint density at radius 1 is 0.333 bits per heavy atom. The van der Waals surface area contributed by atoms with E-state index in [1.165, 1.54) is 85.7 Å². The first kappa shape index (κ1) is 90.8. The van der Waals surface area contributed by atoms with Crippen LogP contribution in [0.1, 0.15) is 227 Å². The highest BCUT2D eigenvalue weighted by Gasteiger charge is 2.45. The van der Waals surface area contributed by atoms with Crippen LogP contribution in [0.15, 0.2) is 146 Å². The van der Waals surface area contributed by atoms with E-state index < -0.39 is 35.6 Å². The van der Waals surface area contributed by atoms with Crippen molar-refractivity contribution in [3.05, 3.63) is 209 Å². The van der Waals surface area contributed by atoms with E-state index in [0.717, 1.165) is 277 Å². The number of nitrogens with one attached hydrogen (secondary N) is 4. The molecule has 0 spiro atoms. The number of aromatic amines is 4. The van der Waals surface area contributed by atoms with Crippen molar-refractivity contribution in [1.82, 2.24) is 99.0 Å². The van der Waals surface area contributed by atoms with Crippen molar-refractivity contribution in [1.29, 1.82) is 0 Å².